The number of fused-ring (bicyclic) bond motifs is 2. The number of hydrogen-bond acceptors (Lipinski definition) is 3. The smallest absolute Gasteiger partial charge is 0.134 e. The second-order valence-corrected chi connectivity index (χ2v) is 7.13. The van der Waals surface area contributed by atoms with Crippen LogP contribution in [0.15, 0.2) is 42.5 Å². The van der Waals surface area contributed by atoms with Gasteiger partial charge in [-0.1, -0.05) is 30.3 Å². The molecule has 0 fully saturated rings. The maximum atomic E-state index is 4.87. The minimum absolute atomic E-state index is 1.14. The zero-order valence-electron chi connectivity index (χ0n) is 11.3. The Bertz CT molecular complexity index is 859. The number of benzene rings is 2. The van der Waals surface area contributed by atoms with Gasteiger partial charge >= 0.3 is 0 Å². The number of rotatable bonds is 1. The van der Waals surface area contributed by atoms with Crippen molar-refractivity contribution in [3.63, 3.8) is 0 Å². The molecule has 0 radical (unpaired) electrons. The van der Waals surface area contributed by atoms with Crippen molar-refractivity contribution >= 4 is 43.0 Å². The fraction of sp³-hybridized carbons (Fsp3) is 0.118. The van der Waals surface area contributed by atoms with E-state index in [0.717, 1.165) is 10.5 Å². The van der Waals surface area contributed by atoms with Crippen LogP contribution in [0.4, 0.5) is 0 Å². The van der Waals surface area contributed by atoms with Gasteiger partial charge in [0.15, 0.2) is 0 Å². The van der Waals surface area contributed by atoms with Crippen LogP contribution in [0, 0.1) is 13.8 Å². The van der Waals surface area contributed by atoms with Gasteiger partial charge in [0.05, 0.1) is 15.1 Å². The molecule has 0 unspecified atom stereocenters. The number of aromatic nitrogens is 1. The largest absolute Gasteiger partial charge is 0.235 e. The summed E-state index contributed by atoms with van der Waals surface area (Å²) in [6.45, 7) is 4.30. The molecule has 0 amide bonds. The second-order valence-electron chi connectivity index (χ2n) is 5.04. The molecule has 0 aliphatic carbocycles. The fourth-order valence-electron chi connectivity index (χ4n) is 2.45. The molecule has 0 saturated carbocycles. The summed E-state index contributed by atoms with van der Waals surface area (Å²) in [5.41, 5.74) is 3.73. The summed E-state index contributed by atoms with van der Waals surface area (Å²) in [7, 11) is 0. The predicted octanol–water partition coefficient (Wildman–Crippen LogP) is 5.79. The van der Waals surface area contributed by atoms with Gasteiger partial charge < -0.3 is 0 Å². The Balaban J connectivity index is 1.98. The monoisotopic (exact) mass is 295 g/mol. The predicted molar refractivity (Wildman–Crippen MR) is 89.9 cm³/mol. The molecule has 0 N–H and O–H groups in total. The number of nitrogens with zero attached hydrogens (tertiary/aromatic N) is 1. The summed E-state index contributed by atoms with van der Waals surface area (Å²) < 4.78 is 2.65. The van der Waals surface area contributed by atoms with Gasteiger partial charge in [0.25, 0.3) is 0 Å². The molecule has 2 aromatic heterocycles. The first-order valence-corrected chi connectivity index (χ1v) is 8.21. The highest BCUT2D eigenvalue weighted by atomic mass is 32.1. The van der Waals surface area contributed by atoms with Crippen LogP contribution in [0.5, 0.6) is 0 Å². The van der Waals surface area contributed by atoms with Gasteiger partial charge in [0.2, 0.25) is 0 Å². The van der Waals surface area contributed by atoms with Crippen LogP contribution in [0.3, 0.4) is 0 Å². The number of aryl methyl sites for hydroxylation is 2. The minimum Gasteiger partial charge on any atom is -0.235 e. The lowest BCUT2D eigenvalue weighted by Gasteiger charge is -1.96. The van der Waals surface area contributed by atoms with Crippen LogP contribution in [0.1, 0.15) is 11.1 Å². The normalized spacial score (nSPS) is 11.5. The van der Waals surface area contributed by atoms with E-state index in [9.17, 15) is 0 Å². The van der Waals surface area contributed by atoms with E-state index in [1.807, 2.05) is 11.3 Å². The second kappa shape index (κ2) is 4.40. The summed E-state index contributed by atoms with van der Waals surface area (Å²) in [6.07, 6.45) is 0. The minimum atomic E-state index is 1.14. The summed E-state index contributed by atoms with van der Waals surface area (Å²) in [5.74, 6) is 0. The Labute approximate surface area is 125 Å². The van der Waals surface area contributed by atoms with E-state index in [4.69, 9.17) is 4.98 Å². The molecule has 2 heterocycles. The third kappa shape index (κ3) is 1.78. The van der Waals surface area contributed by atoms with E-state index in [0.29, 0.717) is 0 Å². The molecule has 2 aromatic carbocycles. The van der Waals surface area contributed by atoms with Crippen molar-refractivity contribution < 1.29 is 0 Å². The first-order chi connectivity index (χ1) is 9.72. The Morgan fingerprint density at radius 2 is 1.70 bits per heavy atom. The topological polar surface area (TPSA) is 12.9 Å². The van der Waals surface area contributed by atoms with Crippen molar-refractivity contribution in [2.45, 2.75) is 13.8 Å². The van der Waals surface area contributed by atoms with Gasteiger partial charge in [0, 0.05) is 4.70 Å². The zero-order valence-corrected chi connectivity index (χ0v) is 12.9. The molecule has 4 rings (SSSR count). The standard InChI is InChI=1S/C17H13NS2/c1-10-7-8-11(2)16-15(10)18-17(20-16)14-9-12-5-3-4-6-13(12)19-14/h3-9H,1-2H3. The lowest BCUT2D eigenvalue weighted by molar-refractivity contribution is 1.41. The van der Waals surface area contributed by atoms with Crippen molar-refractivity contribution in [1.29, 1.82) is 0 Å². The number of hydrogen-bond donors (Lipinski definition) is 0. The molecule has 0 atom stereocenters. The van der Waals surface area contributed by atoms with Crippen LogP contribution >= 0.6 is 22.7 Å². The third-order valence-electron chi connectivity index (χ3n) is 3.58. The molecule has 4 aromatic rings. The molecule has 0 aliphatic heterocycles. The Morgan fingerprint density at radius 3 is 2.50 bits per heavy atom. The molecule has 20 heavy (non-hydrogen) atoms. The lowest BCUT2D eigenvalue weighted by Crippen LogP contribution is -1.78. The number of thiophene rings is 1. The van der Waals surface area contributed by atoms with E-state index in [1.54, 1.807) is 11.3 Å². The lowest BCUT2D eigenvalue weighted by atomic mass is 10.1. The summed E-state index contributed by atoms with van der Waals surface area (Å²) in [5, 5.41) is 2.44. The highest BCUT2D eigenvalue weighted by Gasteiger charge is 2.12. The van der Waals surface area contributed by atoms with Crippen molar-refractivity contribution in [1.82, 2.24) is 4.98 Å². The van der Waals surface area contributed by atoms with Gasteiger partial charge in [-0.25, -0.2) is 4.98 Å². The van der Waals surface area contributed by atoms with Gasteiger partial charge in [-0.2, -0.15) is 0 Å². The quantitative estimate of drug-likeness (QED) is 0.433. The summed E-state index contributed by atoms with van der Waals surface area (Å²) >= 11 is 3.63. The maximum Gasteiger partial charge on any atom is 0.134 e. The first kappa shape index (κ1) is 12.1. The highest BCUT2D eigenvalue weighted by molar-refractivity contribution is 7.28. The van der Waals surface area contributed by atoms with Crippen LogP contribution < -0.4 is 0 Å². The first-order valence-electron chi connectivity index (χ1n) is 6.58. The maximum absolute atomic E-state index is 4.87. The number of thiazole rings is 1. The highest BCUT2D eigenvalue weighted by Crippen LogP contribution is 2.39. The summed E-state index contributed by atoms with van der Waals surface area (Å²) in [4.78, 5) is 6.14. The van der Waals surface area contributed by atoms with Crippen molar-refractivity contribution in [2.75, 3.05) is 0 Å². The van der Waals surface area contributed by atoms with Crippen LogP contribution in [0.25, 0.3) is 30.2 Å². The fourth-order valence-corrected chi connectivity index (χ4v) is 4.67. The third-order valence-corrected chi connectivity index (χ3v) is 6.05. The van der Waals surface area contributed by atoms with Crippen molar-refractivity contribution in [3.8, 4) is 9.88 Å². The molecule has 1 nitrogen and oxygen atoms in total. The molecular formula is C17H13NS2. The van der Waals surface area contributed by atoms with E-state index < -0.39 is 0 Å². The van der Waals surface area contributed by atoms with Crippen LogP contribution in [0.2, 0.25) is 0 Å². The Hall–Kier alpha value is -1.71. The van der Waals surface area contributed by atoms with Gasteiger partial charge in [0.1, 0.15) is 5.01 Å². The molecular weight excluding hydrogens is 282 g/mol. The van der Waals surface area contributed by atoms with E-state index in [2.05, 4.69) is 56.3 Å². The van der Waals surface area contributed by atoms with Crippen LogP contribution in [-0.2, 0) is 0 Å². The van der Waals surface area contributed by atoms with E-state index in [-0.39, 0.29) is 0 Å². The van der Waals surface area contributed by atoms with Crippen molar-refractivity contribution in [3.05, 3.63) is 53.6 Å². The van der Waals surface area contributed by atoms with E-state index >= 15 is 0 Å². The van der Waals surface area contributed by atoms with Crippen molar-refractivity contribution in [2.24, 2.45) is 0 Å². The van der Waals surface area contributed by atoms with Gasteiger partial charge in [-0.05, 0) is 42.5 Å². The van der Waals surface area contributed by atoms with Crippen LogP contribution in [-0.4, -0.2) is 4.98 Å². The Kier molecular flexibility index (Phi) is 2.65. The summed E-state index contributed by atoms with van der Waals surface area (Å²) in [6, 6.07) is 15.1. The SMILES string of the molecule is Cc1ccc(C)c2sc(-c3cc4ccccc4s3)nc12. The molecule has 0 bridgehead atoms. The zero-order chi connectivity index (χ0) is 13.7. The van der Waals surface area contributed by atoms with Gasteiger partial charge in [-0.15, -0.1) is 22.7 Å². The Morgan fingerprint density at radius 1 is 0.900 bits per heavy atom. The molecule has 98 valence electrons. The van der Waals surface area contributed by atoms with E-state index in [1.165, 1.54) is 30.8 Å². The average Bonchev–Trinajstić information content (AvgIpc) is 3.06. The molecule has 0 saturated heterocycles. The molecule has 3 heteroatoms. The molecule has 0 spiro atoms. The average molecular weight is 295 g/mol. The molecule has 0 aliphatic rings. The van der Waals surface area contributed by atoms with Gasteiger partial charge in [-0.3, -0.25) is 0 Å².